The Balaban J connectivity index is 2.68. The molecule has 0 aliphatic carbocycles. The predicted molar refractivity (Wildman–Crippen MR) is 64.1 cm³/mol. The average molecular weight is 220 g/mol. The third-order valence-electron chi connectivity index (χ3n) is 3.16. The van der Waals surface area contributed by atoms with Crippen molar-refractivity contribution in [2.24, 2.45) is 0 Å². The molecule has 16 heavy (non-hydrogen) atoms. The zero-order valence-corrected chi connectivity index (χ0v) is 9.66. The fourth-order valence-electron chi connectivity index (χ4n) is 2.23. The second kappa shape index (κ2) is 3.47. The largest absolute Gasteiger partial charge is 0.399 e. The smallest absolute Gasteiger partial charge is 0.266 e. The highest BCUT2D eigenvalue weighted by atomic mass is 16.2. The van der Waals surface area contributed by atoms with Crippen molar-refractivity contribution < 1.29 is 4.79 Å². The van der Waals surface area contributed by atoms with Gasteiger partial charge in [-0.1, -0.05) is 0 Å². The monoisotopic (exact) mass is 220 g/mol. The minimum Gasteiger partial charge on any atom is -0.399 e. The predicted octanol–water partition coefficient (Wildman–Crippen LogP) is -0.163. The Morgan fingerprint density at radius 1 is 1.31 bits per heavy atom. The van der Waals surface area contributed by atoms with Crippen LogP contribution >= 0.6 is 0 Å². The summed E-state index contributed by atoms with van der Waals surface area (Å²) >= 11 is 0. The van der Waals surface area contributed by atoms with Crippen LogP contribution in [0.5, 0.6) is 0 Å². The van der Waals surface area contributed by atoms with Crippen molar-refractivity contribution in [3.63, 3.8) is 0 Å². The summed E-state index contributed by atoms with van der Waals surface area (Å²) < 4.78 is 0. The van der Waals surface area contributed by atoms with E-state index in [2.05, 4.69) is 10.6 Å². The molecule has 1 heterocycles. The van der Waals surface area contributed by atoms with Crippen LogP contribution in [0.2, 0.25) is 0 Å². The number of nitrogen functional groups attached to an aromatic ring is 1. The fraction of sp³-hybridized carbons (Fsp3) is 0.364. The summed E-state index contributed by atoms with van der Waals surface area (Å²) in [5.74, 6) is -0.0295. The lowest BCUT2D eigenvalue weighted by atomic mass is 10.0. The summed E-state index contributed by atoms with van der Waals surface area (Å²) in [7, 11) is 5.26. The van der Waals surface area contributed by atoms with E-state index < -0.39 is 5.66 Å². The topological polar surface area (TPSA) is 70.4 Å². The zero-order chi connectivity index (χ0) is 11.9. The van der Waals surface area contributed by atoms with Gasteiger partial charge in [-0.25, -0.2) is 0 Å². The highest BCUT2D eigenvalue weighted by Gasteiger charge is 2.47. The first kappa shape index (κ1) is 10.9. The first-order valence-corrected chi connectivity index (χ1v) is 5.13. The van der Waals surface area contributed by atoms with Gasteiger partial charge in [0.1, 0.15) is 0 Å². The van der Waals surface area contributed by atoms with Gasteiger partial charge in [-0.15, -0.1) is 0 Å². The number of hydrogen-bond acceptors (Lipinski definition) is 4. The Morgan fingerprint density at radius 2 is 1.94 bits per heavy atom. The average Bonchev–Trinajstić information content (AvgIpc) is 2.49. The molecule has 2 rings (SSSR count). The van der Waals surface area contributed by atoms with Crippen molar-refractivity contribution in [3.8, 4) is 0 Å². The molecular weight excluding hydrogens is 204 g/mol. The lowest BCUT2D eigenvalue weighted by molar-refractivity contribution is -0.125. The molecule has 5 heteroatoms. The van der Waals surface area contributed by atoms with Gasteiger partial charge in [0, 0.05) is 18.3 Å². The molecule has 0 atom stereocenters. The summed E-state index contributed by atoms with van der Waals surface area (Å²) in [4.78, 5) is 13.8. The number of carbonyl (C=O) groups excluding carboxylic acids is 1. The van der Waals surface area contributed by atoms with Crippen LogP contribution in [0, 0.1) is 0 Å². The van der Waals surface area contributed by atoms with E-state index in [0.29, 0.717) is 5.69 Å². The molecule has 0 bridgehead atoms. The Bertz CT molecular complexity index is 440. The minimum absolute atomic E-state index is 0.0295. The number of benzene rings is 1. The molecule has 4 N–H and O–H groups in total. The van der Waals surface area contributed by atoms with Gasteiger partial charge in [0.05, 0.1) is 5.69 Å². The summed E-state index contributed by atoms with van der Waals surface area (Å²) in [6, 6.07) is 5.48. The molecule has 0 saturated carbocycles. The maximum atomic E-state index is 12.2. The van der Waals surface area contributed by atoms with Crippen LogP contribution in [0.15, 0.2) is 18.2 Å². The number of likely N-dealkylation sites (N-methyl/N-ethyl adjacent to an activating group) is 3. The normalized spacial score (nSPS) is 17.7. The van der Waals surface area contributed by atoms with E-state index in [9.17, 15) is 4.79 Å². The Kier molecular flexibility index (Phi) is 2.36. The summed E-state index contributed by atoms with van der Waals surface area (Å²) in [6.45, 7) is 0. The Labute approximate surface area is 94.6 Å². The second-order valence-electron chi connectivity index (χ2n) is 3.89. The van der Waals surface area contributed by atoms with Crippen LogP contribution < -0.4 is 21.3 Å². The Hall–Kier alpha value is -1.59. The van der Waals surface area contributed by atoms with Gasteiger partial charge in [0.25, 0.3) is 5.91 Å². The van der Waals surface area contributed by atoms with E-state index >= 15 is 0 Å². The van der Waals surface area contributed by atoms with E-state index in [1.54, 1.807) is 32.1 Å². The summed E-state index contributed by atoms with van der Waals surface area (Å²) in [5.41, 5.74) is 7.30. The number of nitrogens with two attached hydrogens (primary N) is 1. The number of rotatable bonds is 2. The zero-order valence-electron chi connectivity index (χ0n) is 9.66. The van der Waals surface area contributed by atoms with Crippen LogP contribution in [0.3, 0.4) is 0 Å². The van der Waals surface area contributed by atoms with Crippen LogP contribution in [0.25, 0.3) is 0 Å². The Morgan fingerprint density at radius 3 is 2.50 bits per heavy atom. The van der Waals surface area contributed by atoms with Gasteiger partial charge in [0.15, 0.2) is 5.66 Å². The second-order valence-corrected chi connectivity index (χ2v) is 3.89. The van der Waals surface area contributed by atoms with E-state index in [1.165, 1.54) is 0 Å². The van der Waals surface area contributed by atoms with Crippen molar-refractivity contribution in [1.29, 1.82) is 0 Å². The number of nitrogens with one attached hydrogen (secondary N) is 2. The summed E-state index contributed by atoms with van der Waals surface area (Å²) in [6.07, 6.45) is 0. The van der Waals surface area contributed by atoms with Crippen molar-refractivity contribution >= 4 is 17.3 Å². The standard InChI is InChI=1S/C11H16N4O/c1-13-11(14-2)8-6-7(12)4-5-9(8)15(3)10(11)16/h4-6,13-14H,12H2,1-3H3. The highest BCUT2D eigenvalue weighted by molar-refractivity contribution is 6.07. The fourth-order valence-corrected chi connectivity index (χ4v) is 2.23. The van der Waals surface area contributed by atoms with E-state index in [0.717, 1.165) is 11.3 Å². The number of nitrogens with zero attached hydrogens (tertiary/aromatic N) is 1. The maximum absolute atomic E-state index is 12.2. The van der Waals surface area contributed by atoms with Gasteiger partial charge >= 0.3 is 0 Å². The highest BCUT2D eigenvalue weighted by Crippen LogP contribution is 2.38. The van der Waals surface area contributed by atoms with E-state index in [4.69, 9.17) is 5.73 Å². The number of fused-ring (bicyclic) bond motifs is 1. The lowest BCUT2D eigenvalue weighted by Gasteiger charge is -2.27. The molecule has 86 valence electrons. The van der Waals surface area contributed by atoms with E-state index in [1.807, 2.05) is 12.1 Å². The molecule has 0 aromatic heterocycles. The first-order chi connectivity index (χ1) is 7.56. The van der Waals surface area contributed by atoms with Gasteiger partial charge in [-0.3, -0.25) is 15.4 Å². The third kappa shape index (κ3) is 1.15. The maximum Gasteiger partial charge on any atom is 0.266 e. The number of carbonyl (C=O) groups is 1. The van der Waals surface area contributed by atoms with Crippen LogP contribution in [0.4, 0.5) is 11.4 Å². The van der Waals surface area contributed by atoms with Crippen molar-refractivity contribution in [3.05, 3.63) is 23.8 Å². The number of hydrogen-bond donors (Lipinski definition) is 3. The molecule has 0 saturated heterocycles. The molecule has 1 amide bonds. The van der Waals surface area contributed by atoms with Crippen molar-refractivity contribution in [1.82, 2.24) is 10.6 Å². The minimum atomic E-state index is -0.862. The molecular formula is C11H16N4O. The molecule has 0 fully saturated rings. The van der Waals surface area contributed by atoms with Gasteiger partial charge < -0.3 is 10.6 Å². The molecule has 5 nitrogen and oxygen atoms in total. The SMILES string of the molecule is CNC1(NC)C(=O)N(C)c2ccc(N)cc21. The van der Waals surface area contributed by atoms with Crippen LogP contribution in [0.1, 0.15) is 5.56 Å². The van der Waals surface area contributed by atoms with Gasteiger partial charge in [-0.2, -0.15) is 0 Å². The molecule has 1 aliphatic heterocycles. The molecule has 1 aromatic carbocycles. The molecule has 0 radical (unpaired) electrons. The number of anilines is 2. The van der Waals surface area contributed by atoms with Crippen LogP contribution in [-0.2, 0) is 10.5 Å². The third-order valence-corrected chi connectivity index (χ3v) is 3.16. The van der Waals surface area contributed by atoms with Crippen LogP contribution in [-0.4, -0.2) is 27.1 Å². The molecule has 1 aliphatic rings. The van der Waals surface area contributed by atoms with Gasteiger partial charge in [-0.05, 0) is 32.3 Å². The number of amides is 1. The molecule has 1 aromatic rings. The van der Waals surface area contributed by atoms with Crippen molar-refractivity contribution in [2.45, 2.75) is 5.66 Å². The van der Waals surface area contributed by atoms with E-state index in [-0.39, 0.29) is 5.91 Å². The lowest BCUT2D eigenvalue weighted by Crippen LogP contribution is -2.57. The van der Waals surface area contributed by atoms with Crippen molar-refractivity contribution in [2.75, 3.05) is 31.8 Å². The molecule has 0 spiro atoms. The quantitative estimate of drug-likeness (QED) is 0.478. The first-order valence-electron chi connectivity index (χ1n) is 5.13. The molecule has 0 unspecified atom stereocenters. The summed E-state index contributed by atoms with van der Waals surface area (Å²) in [5, 5.41) is 6.07. The van der Waals surface area contributed by atoms with Gasteiger partial charge in [0.2, 0.25) is 0 Å².